The second kappa shape index (κ2) is 9.70. The number of carbonyl (C=O) groups is 1. The van der Waals surface area contributed by atoms with Crippen molar-refractivity contribution in [2.45, 2.75) is 44.7 Å². The number of halogens is 4. The predicted molar refractivity (Wildman–Crippen MR) is 110 cm³/mol. The van der Waals surface area contributed by atoms with E-state index in [2.05, 4.69) is 10.6 Å². The first kappa shape index (κ1) is 23.3. The van der Waals surface area contributed by atoms with Gasteiger partial charge < -0.3 is 10.6 Å². The molecular weight excluding hydrogens is 407 g/mol. The minimum atomic E-state index is -0.498. The lowest BCUT2D eigenvalue weighted by molar-refractivity contribution is -0.124. The van der Waals surface area contributed by atoms with Crippen LogP contribution in [-0.4, -0.2) is 43.0 Å². The summed E-state index contributed by atoms with van der Waals surface area (Å²) >= 11 is 0. The number of nitrogens with zero attached hydrogens (tertiary/aromatic N) is 1. The van der Waals surface area contributed by atoms with E-state index in [-0.39, 0.29) is 60.2 Å². The van der Waals surface area contributed by atoms with E-state index >= 15 is 0 Å². The fourth-order valence-corrected chi connectivity index (χ4v) is 4.72. The maximum Gasteiger partial charge on any atom is 0.223 e. The van der Waals surface area contributed by atoms with Crippen molar-refractivity contribution in [3.8, 4) is 0 Å². The molecule has 2 aliphatic heterocycles. The van der Waals surface area contributed by atoms with Gasteiger partial charge in [0, 0.05) is 30.6 Å². The maximum absolute atomic E-state index is 13.9. The predicted octanol–water partition coefficient (Wildman–Crippen LogP) is 3.28. The Kier molecular flexibility index (Phi) is 8.08. The van der Waals surface area contributed by atoms with Gasteiger partial charge in [0.1, 0.15) is 11.6 Å². The third-order valence-corrected chi connectivity index (χ3v) is 6.40. The molecule has 4 rings (SSSR count). The van der Waals surface area contributed by atoms with Crippen molar-refractivity contribution in [1.82, 2.24) is 15.5 Å². The van der Waals surface area contributed by atoms with Gasteiger partial charge in [0.05, 0.1) is 0 Å². The average Bonchev–Trinajstić information content (AvgIpc) is 3.32. The molecule has 4 nitrogen and oxygen atoms in total. The van der Waals surface area contributed by atoms with Crippen LogP contribution in [0.25, 0.3) is 0 Å². The van der Waals surface area contributed by atoms with Crippen LogP contribution in [0, 0.1) is 23.0 Å². The van der Waals surface area contributed by atoms with Gasteiger partial charge in [0.15, 0.2) is 0 Å². The highest BCUT2D eigenvalue weighted by Gasteiger charge is 2.57. The molecule has 2 saturated heterocycles. The number of amides is 1. The van der Waals surface area contributed by atoms with Gasteiger partial charge in [-0.1, -0.05) is 6.07 Å². The van der Waals surface area contributed by atoms with E-state index in [0.717, 1.165) is 51.7 Å². The lowest BCUT2D eigenvalue weighted by Gasteiger charge is -2.33. The lowest BCUT2D eigenvalue weighted by Crippen LogP contribution is -2.48. The van der Waals surface area contributed by atoms with Crippen LogP contribution >= 0.6 is 24.8 Å². The van der Waals surface area contributed by atoms with E-state index in [1.54, 1.807) is 0 Å². The highest BCUT2D eigenvalue weighted by atomic mass is 35.5. The van der Waals surface area contributed by atoms with Crippen molar-refractivity contribution in [3.63, 3.8) is 0 Å². The number of likely N-dealkylation sites (tertiary alicyclic amines) is 1. The molecule has 8 heteroatoms. The Morgan fingerprint density at radius 1 is 1.21 bits per heavy atom. The van der Waals surface area contributed by atoms with Gasteiger partial charge >= 0.3 is 0 Å². The molecule has 0 bridgehead atoms. The van der Waals surface area contributed by atoms with Crippen molar-refractivity contribution in [1.29, 1.82) is 0 Å². The third-order valence-electron chi connectivity index (χ3n) is 6.40. The quantitative estimate of drug-likeness (QED) is 0.762. The van der Waals surface area contributed by atoms with Crippen LogP contribution in [-0.2, 0) is 11.3 Å². The van der Waals surface area contributed by atoms with Crippen LogP contribution < -0.4 is 10.6 Å². The molecule has 1 spiro atoms. The summed E-state index contributed by atoms with van der Waals surface area (Å²) in [4.78, 5) is 14.7. The highest BCUT2D eigenvalue weighted by Crippen LogP contribution is 2.58. The second-order valence-corrected chi connectivity index (χ2v) is 8.15. The summed E-state index contributed by atoms with van der Waals surface area (Å²) in [6.45, 7) is 3.73. The fourth-order valence-electron chi connectivity index (χ4n) is 4.72. The molecular formula is C20H29Cl2F2N3O. The van der Waals surface area contributed by atoms with Crippen LogP contribution in [0.2, 0.25) is 0 Å². The van der Waals surface area contributed by atoms with Gasteiger partial charge in [-0.15, -0.1) is 24.8 Å². The van der Waals surface area contributed by atoms with Crippen LogP contribution in [0.15, 0.2) is 18.2 Å². The summed E-state index contributed by atoms with van der Waals surface area (Å²) in [5, 5.41) is 6.57. The summed E-state index contributed by atoms with van der Waals surface area (Å²) in [6, 6.07) is 4.06. The lowest BCUT2D eigenvalue weighted by atomic mass is 9.91. The molecule has 28 heavy (non-hydrogen) atoms. The minimum Gasteiger partial charge on any atom is -0.352 e. The number of hydrogen-bond acceptors (Lipinski definition) is 3. The molecule has 1 amide bonds. The van der Waals surface area contributed by atoms with Crippen molar-refractivity contribution < 1.29 is 13.6 Å². The molecule has 2 heterocycles. The molecule has 3 fully saturated rings. The van der Waals surface area contributed by atoms with Crippen molar-refractivity contribution in [2.24, 2.45) is 11.3 Å². The van der Waals surface area contributed by atoms with E-state index in [0.29, 0.717) is 6.54 Å². The number of hydrogen-bond donors (Lipinski definition) is 2. The van der Waals surface area contributed by atoms with Gasteiger partial charge in [-0.25, -0.2) is 8.78 Å². The highest BCUT2D eigenvalue weighted by molar-refractivity contribution is 5.85. The number of benzene rings is 1. The van der Waals surface area contributed by atoms with Crippen LogP contribution in [0.3, 0.4) is 0 Å². The van der Waals surface area contributed by atoms with E-state index in [9.17, 15) is 13.6 Å². The summed E-state index contributed by atoms with van der Waals surface area (Å²) < 4.78 is 27.8. The summed E-state index contributed by atoms with van der Waals surface area (Å²) in [5.74, 6) is -0.663. The van der Waals surface area contributed by atoms with E-state index < -0.39 is 11.6 Å². The molecule has 158 valence electrons. The van der Waals surface area contributed by atoms with Crippen molar-refractivity contribution >= 4 is 30.7 Å². The Labute approximate surface area is 177 Å². The molecule has 1 saturated carbocycles. The molecule has 2 unspecified atom stereocenters. The standard InChI is InChI=1S/C20H27F2N3O.2ClH/c21-17-4-1-5-18(22)15(17)13-25-10-2-3-14(12-25)24-19(26)16-11-20(16)6-8-23-9-7-20;;/h1,4-5,14,16,23H,2-3,6-13H2,(H,24,26);2*1H. The van der Waals surface area contributed by atoms with Gasteiger partial charge in [-0.05, 0) is 69.3 Å². The molecule has 0 radical (unpaired) electrons. The normalized spacial score (nSPS) is 26.1. The Balaban J connectivity index is 0.00000140. The summed E-state index contributed by atoms with van der Waals surface area (Å²) in [6.07, 6.45) is 5.06. The zero-order valence-corrected chi connectivity index (χ0v) is 17.5. The van der Waals surface area contributed by atoms with Crippen molar-refractivity contribution in [2.75, 3.05) is 26.2 Å². The molecule has 2 atom stereocenters. The molecule has 3 aliphatic rings. The monoisotopic (exact) mass is 435 g/mol. The Bertz CT molecular complexity index is 665. The number of carbonyl (C=O) groups excluding carboxylic acids is 1. The van der Waals surface area contributed by atoms with Gasteiger partial charge in [0.25, 0.3) is 0 Å². The van der Waals surface area contributed by atoms with Crippen LogP contribution in [0.5, 0.6) is 0 Å². The van der Waals surface area contributed by atoms with E-state index in [4.69, 9.17) is 0 Å². The minimum absolute atomic E-state index is 0. The largest absolute Gasteiger partial charge is 0.352 e. The van der Waals surface area contributed by atoms with E-state index in [1.807, 2.05) is 4.90 Å². The first-order chi connectivity index (χ1) is 12.6. The van der Waals surface area contributed by atoms with Crippen LogP contribution in [0.4, 0.5) is 8.78 Å². The van der Waals surface area contributed by atoms with E-state index in [1.165, 1.54) is 18.2 Å². The second-order valence-electron chi connectivity index (χ2n) is 8.15. The maximum atomic E-state index is 13.9. The van der Waals surface area contributed by atoms with Gasteiger partial charge in [-0.2, -0.15) is 0 Å². The van der Waals surface area contributed by atoms with Gasteiger partial charge in [-0.3, -0.25) is 9.69 Å². The number of nitrogens with one attached hydrogen (secondary N) is 2. The third kappa shape index (κ3) is 4.96. The smallest absolute Gasteiger partial charge is 0.223 e. The molecule has 1 aromatic rings. The first-order valence-electron chi connectivity index (χ1n) is 9.74. The molecule has 1 aliphatic carbocycles. The summed E-state index contributed by atoms with van der Waals surface area (Å²) in [7, 11) is 0. The molecule has 0 aromatic heterocycles. The van der Waals surface area contributed by atoms with Crippen LogP contribution in [0.1, 0.15) is 37.7 Å². The Hall–Kier alpha value is -0.950. The zero-order valence-electron chi connectivity index (χ0n) is 15.9. The average molecular weight is 436 g/mol. The van der Waals surface area contributed by atoms with Gasteiger partial charge in [0.2, 0.25) is 5.91 Å². The summed E-state index contributed by atoms with van der Waals surface area (Å²) in [5.41, 5.74) is 0.357. The Morgan fingerprint density at radius 3 is 2.57 bits per heavy atom. The zero-order chi connectivity index (χ0) is 18.1. The van der Waals surface area contributed by atoms with Crippen molar-refractivity contribution in [3.05, 3.63) is 35.4 Å². The fraction of sp³-hybridized carbons (Fsp3) is 0.650. The SMILES string of the molecule is Cl.Cl.O=C(NC1CCCN(Cc2c(F)cccc2F)C1)C1CC12CCNCC2. The number of piperidine rings is 2. The topological polar surface area (TPSA) is 44.4 Å². The Morgan fingerprint density at radius 2 is 1.89 bits per heavy atom. The molecule has 2 N–H and O–H groups in total. The number of rotatable bonds is 4. The first-order valence-corrected chi connectivity index (χ1v) is 9.74. The molecule has 1 aromatic carbocycles.